The van der Waals surface area contributed by atoms with Crippen LogP contribution in [-0.4, -0.2) is 38.8 Å². The van der Waals surface area contributed by atoms with Crippen LogP contribution in [0.3, 0.4) is 0 Å². The summed E-state index contributed by atoms with van der Waals surface area (Å²) in [5.41, 5.74) is -0.935. The van der Waals surface area contributed by atoms with Crippen molar-refractivity contribution in [2.45, 2.75) is 76.6 Å². The van der Waals surface area contributed by atoms with E-state index in [0.717, 1.165) is 48.9 Å². The molecule has 1 saturated heterocycles. The molecule has 1 fully saturated rings. The highest BCUT2D eigenvalue weighted by Gasteiger charge is 2.60. The molecule has 0 aromatic carbocycles. The van der Waals surface area contributed by atoms with Gasteiger partial charge < -0.3 is 9.47 Å². The summed E-state index contributed by atoms with van der Waals surface area (Å²) in [7, 11) is 0. The molecular formula is C20H27F3N4S. The van der Waals surface area contributed by atoms with Gasteiger partial charge in [-0.2, -0.15) is 13.2 Å². The van der Waals surface area contributed by atoms with Crippen LogP contribution in [0.1, 0.15) is 74.8 Å². The Bertz CT molecular complexity index is 874. The Balaban J connectivity index is 1.65. The van der Waals surface area contributed by atoms with Crippen molar-refractivity contribution >= 4 is 11.3 Å². The first-order valence-corrected chi connectivity index (χ1v) is 10.7. The molecule has 0 N–H and O–H groups in total. The summed E-state index contributed by atoms with van der Waals surface area (Å²) in [5.74, 6) is 2.14. The van der Waals surface area contributed by atoms with E-state index in [1.54, 1.807) is 6.07 Å². The van der Waals surface area contributed by atoms with Gasteiger partial charge in [0.25, 0.3) is 0 Å². The molecule has 2 aliphatic rings. The Morgan fingerprint density at radius 2 is 1.75 bits per heavy atom. The van der Waals surface area contributed by atoms with Crippen molar-refractivity contribution in [1.82, 2.24) is 19.7 Å². The third-order valence-electron chi connectivity index (χ3n) is 6.92. The van der Waals surface area contributed by atoms with Gasteiger partial charge in [0, 0.05) is 16.8 Å². The Morgan fingerprint density at radius 1 is 1.11 bits per heavy atom. The van der Waals surface area contributed by atoms with Crippen LogP contribution in [-0.2, 0) is 17.1 Å². The average molecular weight is 413 g/mol. The lowest BCUT2D eigenvalue weighted by Gasteiger charge is -2.54. The molecule has 1 atom stereocenters. The van der Waals surface area contributed by atoms with Crippen LogP contribution in [0.25, 0.3) is 0 Å². The predicted octanol–water partition coefficient (Wildman–Crippen LogP) is 5.00. The summed E-state index contributed by atoms with van der Waals surface area (Å²) in [6.45, 7) is 12.7. The molecular weight excluding hydrogens is 385 g/mol. The number of piperidine rings is 1. The highest BCUT2D eigenvalue weighted by molar-refractivity contribution is 7.12. The molecule has 2 aliphatic heterocycles. The van der Waals surface area contributed by atoms with Crippen molar-refractivity contribution in [3.63, 3.8) is 0 Å². The van der Waals surface area contributed by atoms with Gasteiger partial charge in [0.1, 0.15) is 16.5 Å². The number of fused-ring (bicyclic) bond motifs is 1. The number of thiophene rings is 1. The maximum Gasteiger partial charge on any atom is 0.425 e. The monoisotopic (exact) mass is 412 g/mol. The lowest BCUT2D eigenvalue weighted by atomic mass is 9.64. The van der Waals surface area contributed by atoms with Gasteiger partial charge in [0.2, 0.25) is 0 Å². The quantitative estimate of drug-likeness (QED) is 0.711. The number of nitrogens with zero attached hydrogens (tertiary/aromatic N) is 4. The minimum Gasteiger partial charge on any atom is -0.307 e. The minimum absolute atomic E-state index is 0.356. The molecule has 0 spiro atoms. The number of halogens is 3. The Kier molecular flexibility index (Phi) is 4.47. The predicted molar refractivity (Wildman–Crippen MR) is 104 cm³/mol. The largest absolute Gasteiger partial charge is 0.425 e. The molecule has 0 amide bonds. The van der Waals surface area contributed by atoms with E-state index < -0.39 is 16.5 Å². The van der Waals surface area contributed by atoms with E-state index in [-0.39, 0.29) is 5.54 Å². The topological polar surface area (TPSA) is 34.0 Å². The highest BCUT2D eigenvalue weighted by atomic mass is 32.1. The van der Waals surface area contributed by atoms with Crippen LogP contribution in [0.5, 0.6) is 0 Å². The van der Waals surface area contributed by atoms with Crippen molar-refractivity contribution < 1.29 is 13.2 Å². The van der Waals surface area contributed by atoms with E-state index in [1.807, 2.05) is 6.92 Å². The van der Waals surface area contributed by atoms with E-state index >= 15 is 0 Å². The second kappa shape index (κ2) is 6.29. The number of likely N-dealkylation sites (tertiary alicyclic amines) is 1. The second-order valence-electron chi connectivity index (χ2n) is 8.97. The van der Waals surface area contributed by atoms with Crippen LogP contribution in [0.4, 0.5) is 13.2 Å². The summed E-state index contributed by atoms with van der Waals surface area (Å²) in [5, 5.41) is 8.97. The molecule has 0 saturated carbocycles. The van der Waals surface area contributed by atoms with Gasteiger partial charge in [-0.05, 0) is 72.7 Å². The van der Waals surface area contributed by atoms with Crippen molar-refractivity contribution in [2.75, 3.05) is 13.1 Å². The van der Waals surface area contributed by atoms with Crippen LogP contribution < -0.4 is 0 Å². The lowest BCUT2D eigenvalue weighted by Crippen LogP contribution is -2.60. The Morgan fingerprint density at radius 3 is 2.29 bits per heavy atom. The first kappa shape index (κ1) is 19.9. The summed E-state index contributed by atoms with van der Waals surface area (Å²) < 4.78 is 41.5. The number of aromatic nitrogens is 3. The van der Waals surface area contributed by atoms with Gasteiger partial charge >= 0.3 is 6.18 Å². The molecule has 0 bridgehead atoms. The number of rotatable bonds is 3. The zero-order valence-electron chi connectivity index (χ0n) is 17.0. The van der Waals surface area contributed by atoms with E-state index in [9.17, 15) is 13.2 Å². The lowest BCUT2D eigenvalue weighted by molar-refractivity contribution is -0.134. The maximum atomic E-state index is 13.1. The molecule has 28 heavy (non-hydrogen) atoms. The van der Waals surface area contributed by atoms with Crippen molar-refractivity contribution in [1.29, 1.82) is 0 Å². The minimum atomic E-state index is -4.31. The number of alkyl halides is 3. The maximum absolute atomic E-state index is 13.1. The smallest absolute Gasteiger partial charge is 0.307 e. The van der Waals surface area contributed by atoms with Gasteiger partial charge in [-0.3, -0.25) is 0 Å². The van der Waals surface area contributed by atoms with E-state index in [0.29, 0.717) is 16.8 Å². The molecule has 1 unspecified atom stereocenters. The van der Waals surface area contributed by atoms with E-state index in [2.05, 4.69) is 47.4 Å². The molecule has 8 heteroatoms. The molecule has 4 nitrogen and oxygen atoms in total. The summed E-state index contributed by atoms with van der Waals surface area (Å²) in [6.07, 6.45) is -2.23. The first-order valence-electron chi connectivity index (χ1n) is 9.85. The van der Waals surface area contributed by atoms with Gasteiger partial charge in [-0.25, -0.2) is 0 Å². The van der Waals surface area contributed by atoms with Gasteiger partial charge in [-0.1, -0.05) is 0 Å². The summed E-state index contributed by atoms with van der Waals surface area (Å²) in [6, 6.07) is 3.33. The second-order valence-corrected chi connectivity index (χ2v) is 10.1. The molecule has 154 valence electrons. The average Bonchev–Trinajstić information content (AvgIpc) is 3.28. The number of hydrogen-bond donors (Lipinski definition) is 0. The molecule has 4 heterocycles. The Labute approximate surface area is 167 Å². The van der Waals surface area contributed by atoms with Crippen LogP contribution in [0, 0.1) is 0 Å². The standard InChI is InChI=1S/C20H27F3N4S/c1-12(2)26-10-8-13(9-11-26)16-24-25-17-19(5,18(3,4)27(16)17)14-6-7-15(28-14)20(21,22)23/h6-7,12-13H,8-11H2,1-5H3. The van der Waals surface area contributed by atoms with Crippen LogP contribution in [0.15, 0.2) is 12.1 Å². The van der Waals surface area contributed by atoms with Gasteiger partial charge in [0.15, 0.2) is 0 Å². The summed E-state index contributed by atoms with van der Waals surface area (Å²) >= 11 is 0.824. The normalized spacial score (nSPS) is 25.8. The fourth-order valence-corrected chi connectivity index (χ4v) is 5.89. The van der Waals surface area contributed by atoms with Crippen molar-refractivity contribution in [3.8, 4) is 0 Å². The van der Waals surface area contributed by atoms with Crippen molar-refractivity contribution in [2.24, 2.45) is 0 Å². The summed E-state index contributed by atoms with van der Waals surface area (Å²) in [4.78, 5) is 2.62. The fraction of sp³-hybridized carbons (Fsp3) is 0.700. The zero-order chi connectivity index (χ0) is 20.5. The third kappa shape index (κ3) is 2.67. The SMILES string of the molecule is CC(C)N1CCC(c2nnc3n2C(C)(C)C3(C)c2ccc(C(F)(F)F)s2)CC1. The van der Waals surface area contributed by atoms with Crippen LogP contribution >= 0.6 is 11.3 Å². The first-order chi connectivity index (χ1) is 13.0. The molecule has 2 aromatic rings. The molecule has 0 radical (unpaired) electrons. The van der Waals surface area contributed by atoms with Crippen LogP contribution in [0.2, 0.25) is 0 Å². The molecule has 4 rings (SSSR count). The fourth-order valence-electron chi connectivity index (χ4n) is 4.72. The highest BCUT2D eigenvalue weighted by Crippen LogP contribution is 2.57. The van der Waals surface area contributed by atoms with E-state index in [1.165, 1.54) is 6.07 Å². The molecule has 0 aliphatic carbocycles. The Hall–Kier alpha value is -1.41. The van der Waals surface area contributed by atoms with E-state index in [4.69, 9.17) is 0 Å². The van der Waals surface area contributed by atoms with Gasteiger partial charge in [-0.15, -0.1) is 21.5 Å². The van der Waals surface area contributed by atoms with Crippen molar-refractivity contribution in [3.05, 3.63) is 33.5 Å². The third-order valence-corrected chi connectivity index (χ3v) is 8.27. The number of hydrogen-bond acceptors (Lipinski definition) is 4. The van der Waals surface area contributed by atoms with Gasteiger partial charge in [0.05, 0.1) is 11.0 Å². The molecule has 2 aromatic heterocycles. The zero-order valence-corrected chi connectivity index (χ0v) is 17.8.